The summed E-state index contributed by atoms with van der Waals surface area (Å²) in [6.45, 7) is 0. The van der Waals surface area contributed by atoms with Gasteiger partial charge in [-0.25, -0.2) is 4.39 Å². The Morgan fingerprint density at radius 3 is 2.50 bits per heavy atom. The largest absolute Gasteiger partial charge is 0.349 e. The molecule has 1 fully saturated rings. The van der Waals surface area contributed by atoms with Crippen LogP contribution in [-0.2, 0) is 0 Å². The average Bonchev–Trinajstić information content (AvgIpc) is 2.28. The summed E-state index contributed by atoms with van der Waals surface area (Å²) in [5, 5.41) is 2.91. The molecule has 0 atom stereocenters. The van der Waals surface area contributed by atoms with Gasteiger partial charge in [-0.1, -0.05) is 35.2 Å². The lowest BCUT2D eigenvalue weighted by Gasteiger charge is -2.23. The molecule has 1 N–H and O–H groups in total. The predicted octanol–water partition coefficient (Wildman–Crippen LogP) is 4.41. The monoisotopic (exact) mass is 377 g/mol. The lowest BCUT2D eigenvalue weighted by molar-refractivity contribution is 0.0923. The van der Waals surface area contributed by atoms with Crippen molar-refractivity contribution in [2.75, 3.05) is 0 Å². The lowest BCUT2D eigenvalue weighted by Crippen LogP contribution is -2.36. The van der Waals surface area contributed by atoms with E-state index in [1.54, 1.807) is 6.07 Å². The zero-order valence-electron chi connectivity index (χ0n) is 9.81. The van der Waals surface area contributed by atoms with Gasteiger partial charge in [0.05, 0.1) is 5.56 Å². The second-order valence-electron chi connectivity index (χ2n) is 4.55. The van der Waals surface area contributed by atoms with Crippen LogP contribution < -0.4 is 5.32 Å². The minimum Gasteiger partial charge on any atom is -0.349 e. The molecular weight excluding hydrogens is 365 g/mol. The minimum absolute atomic E-state index is 0.0868. The van der Waals surface area contributed by atoms with Crippen LogP contribution >= 0.6 is 31.9 Å². The summed E-state index contributed by atoms with van der Waals surface area (Å²) in [5.41, 5.74) is 0.0868. The highest BCUT2D eigenvalue weighted by atomic mass is 79.9. The molecule has 1 saturated carbocycles. The topological polar surface area (TPSA) is 29.1 Å². The van der Waals surface area contributed by atoms with Crippen LogP contribution in [0.5, 0.6) is 0 Å². The summed E-state index contributed by atoms with van der Waals surface area (Å²) in [6, 6.07) is 3.17. The summed E-state index contributed by atoms with van der Waals surface area (Å²) >= 11 is 6.43. The maximum absolute atomic E-state index is 13.8. The van der Waals surface area contributed by atoms with Crippen LogP contribution in [0.3, 0.4) is 0 Å². The molecule has 1 aliphatic carbocycles. The summed E-state index contributed by atoms with van der Waals surface area (Å²) in [6.07, 6.45) is 5.47. The van der Waals surface area contributed by atoms with Crippen molar-refractivity contribution < 1.29 is 9.18 Å². The molecular formula is C13H14Br2FNO. The van der Waals surface area contributed by atoms with Crippen molar-refractivity contribution in [3.05, 3.63) is 32.5 Å². The van der Waals surface area contributed by atoms with Gasteiger partial charge in [-0.15, -0.1) is 0 Å². The molecule has 2 rings (SSSR count). The molecule has 0 spiro atoms. The second-order valence-corrected chi connectivity index (χ2v) is 6.32. The van der Waals surface area contributed by atoms with Gasteiger partial charge < -0.3 is 5.32 Å². The van der Waals surface area contributed by atoms with Gasteiger partial charge in [-0.05, 0) is 40.9 Å². The normalized spacial score (nSPS) is 16.6. The minimum atomic E-state index is -0.510. The number of amides is 1. The van der Waals surface area contributed by atoms with Crippen molar-refractivity contribution in [3.8, 4) is 0 Å². The first-order valence-electron chi connectivity index (χ1n) is 6.03. The van der Waals surface area contributed by atoms with Crippen molar-refractivity contribution in [2.45, 2.75) is 38.1 Å². The number of hydrogen-bond acceptors (Lipinski definition) is 1. The number of carbonyl (C=O) groups is 1. The molecule has 2 nitrogen and oxygen atoms in total. The second kappa shape index (κ2) is 6.15. The fourth-order valence-corrected chi connectivity index (χ4v) is 3.62. The zero-order chi connectivity index (χ0) is 13.1. The van der Waals surface area contributed by atoms with Gasteiger partial charge in [0.15, 0.2) is 0 Å². The van der Waals surface area contributed by atoms with Crippen LogP contribution in [0, 0.1) is 5.82 Å². The molecule has 0 unspecified atom stereocenters. The molecule has 1 amide bonds. The molecule has 0 bridgehead atoms. The SMILES string of the molecule is O=C(NC1CCCCC1)c1c(F)cc(Br)cc1Br. The Morgan fingerprint density at radius 2 is 1.89 bits per heavy atom. The van der Waals surface area contributed by atoms with Crippen LogP contribution in [-0.4, -0.2) is 11.9 Å². The Hall–Kier alpha value is -0.420. The van der Waals surface area contributed by atoms with E-state index in [-0.39, 0.29) is 17.5 Å². The van der Waals surface area contributed by atoms with E-state index in [1.165, 1.54) is 12.5 Å². The Bertz CT molecular complexity index is 435. The van der Waals surface area contributed by atoms with Gasteiger partial charge in [-0.2, -0.15) is 0 Å². The van der Waals surface area contributed by atoms with Crippen LogP contribution in [0.1, 0.15) is 42.5 Å². The van der Waals surface area contributed by atoms with Crippen LogP contribution in [0.4, 0.5) is 4.39 Å². The quantitative estimate of drug-likeness (QED) is 0.811. The Morgan fingerprint density at radius 1 is 1.22 bits per heavy atom. The van der Waals surface area contributed by atoms with Gasteiger partial charge in [0.2, 0.25) is 0 Å². The molecule has 0 heterocycles. The van der Waals surface area contributed by atoms with E-state index in [2.05, 4.69) is 37.2 Å². The fraction of sp³-hybridized carbons (Fsp3) is 0.462. The molecule has 18 heavy (non-hydrogen) atoms. The highest BCUT2D eigenvalue weighted by Gasteiger charge is 2.21. The number of nitrogens with one attached hydrogen (secondary N) is 1. The van der Waals surface area contributed by atoms with Crippen LogP contribution in [0.2, 0.25) is 0 Å². The Balaban J connectivity index is 2.13. The maximum atomic E-state index is 13.8. The molecule has 98 valence electrons. The van der Waals surface area contributed by atoms with Crippen molar-refractivity contribution in [2.24, 2.45) is 0 Å². The molecule has 1 aromatic rings. The van der Waals surface area contributed by atoms with E-state index in [1.807, 2.05) is 0 Å². The number of hydrogen-bond donors (Lipinski definition) is 1. The Labute approximate surface area is 123 Å². The van der Waals surface area contributed by atoms with Gasteiger partial charge in [0.1, 0.15) is 5.82 Å². The Kier molecular flexibility index (Phi) is 4.78. The molecule has 0 radical (unpaired) electrons. The third kappa shape index (κ3) is 3.32. The third-order valence-corrected chi connectivity index (χ3v) is 4.26. The van der Waals surface area contributed by atoms with Crippen molar-refractivity contribution >= 4 is 37.8 Å². The van der Waals surface area contributed by atoms with Crippen molar-refractivity contribution in [1.29, 1.82) is 0 Å². The smallest absolute Gasteiger partial charge is 0.255 e. The van der Waals surface area contributed by atoms with E-state index in [0.29, 0.717) is 8.95 Å². The first kappa shape index (κ1) is 14.0. The summed E-state index contributed by atoms with van der Waals surface area (Å²) in [5.74, 6) is -0.844. The van der Waals surface area contributed by atoms with E-state index in [4.69, 9.17) is 0 Å². The van der Waals surface area contributed by atoms with E-state index in [9.17, 15) is 9.18 Å². The highest BCUT2D eigenvalue weighted by molar-refractivity contribution is 9.11. The van der Waals surface area contributed by atoms with Gasteiger partial charge in [-0.3, -0.25) is 4.79 Å². The molecule has 1 aromatic carbocycles. The molecule has 0 aromatic heterocycles. The van der Waals surface area contributed by atoms with Crippen LogP contribution in [0.15, 0.2) is 21.1 Å². The third-order valence-electron chi connectivity index (χ3n) is 3.17. The molecule has 0 aliphatic heterocycles. The number of rotatable bonds is 2. The molecule has 5 heteroatoms. The van der Waals surface area contributed by atoms with E-state index >= 15 is 0 Å². The van der Waals surface area contributed by atoms with Gasteiger partial charge >= 0.3 is 0 Å². The highest BCUT2D eigenvalue weighted by Crippen LogP contribution is 2.26. The lowest BCUT2D eigenvalue weighted by atomic mass is 9.95. The standard InChI is InChI=1S/C13H14Br2FNO/c14-8-6-10(15)12(11(16)7-8)13(18)17-9-4-2-1-3-5-9/h6-7,9H,1-5H2,(H,17,18). The number of benzene rings is 1. The van der Waals surface area contributed by atoms with E-state index < -0.39 is 5.82 Å². The first-order chi connectivity index (χ1) is 8.58. The van der Waals surface area contributed by atoms with Gasteiger partial charge in [0.25, 0.3) is 5.91 Å². The summed E-state index contributed by atoms with van der Waals surface area (Å²) in [7, 11) is 0. The first-order valence-corrected chi connectivity index (χ1v) is 7.62. The maximum Gasteiger partial charge on any atom is 0.255 e. The zero-order valence-corrected chi connectivity index (χ0v) is 13.0. The van der Waals surface area contributed by atoms with E-state index in [0.717, 1.165) is 25.7 Å². The molecule has 0 saturated heterocycles. The fourth-order valence-electron chi connectivity index (χ4n) is 2.26. The number of halogens is 3. The van der Waals surface area contributed by atoms with Crippen molar-refractivity contribution in [1.82, 2.24) is 5.32 Å². The predicted molar refractivity (Wildman–Crippen MR) is 76.1 cm³/mol. The van der Waals surface area contributed by atoms with Crippen LogP contribution in [0.25, 0.3) is 0 Å². The number of carbonyl (C=O) groups excluding carboxylic acids is 1. The average molecular weight is 379 g/mol. The summed E-state index contributed by atoms with van der Waals surface area (Å²) < 4.78 is 14.9. The molecule has 1 aliphatic rings. The van der Waals surface area contributed by atoms with Gasteiger partial charge in [0, 0.05) is 15.0 Å². The summed E-state index contributed by atoms with van der Waals surface area (Å²) in [4.78, 5) is 12.1. The van der Waals surface area contributed by atoms with Crippen molar-refractivity contribution in [3.63, 3.8) is 0 Å².